The number of aliphatic hydroxyl groups is 1. The maximum atomic E-state index is 11.1. The number of hydrogen-bond donors (Lipinski definition) is 2. The van der Waals surface area contributed by atoms with Gasteiger partial charge in [-0.25, -0.2) is 0 Å². The van der Waals surface area contributed by atoms with Crippen LogP contribution in [0.2, 0.25) is 0 Å². The highest BCUT2D eigenvalue weighted by Gasteiger charge is 2.43. The Morgan fingerprint density at radius 3 is 2.67 bits per heavy atom. The minimum Gasteiger partial charge on any atom is -0.393 e. The summed E-state index contributed by atoms with van der Waals surface area (Å²) < 4.78 is 0.140. The Morgan fingerprint density at radius 2 is 2.25 bits per heavy atom. The molecule has 0 aromatic carbocycles. The van der Waals surface area contributed by atoms with Gasteiger partial charge in [0.05, 0.1) is 12.1 Å². The number of halogens is 1. The van der Waals surface area contributed by atoms with E-state index in [4.69, 9.17) is 0 Å². The highest BCUT2D eigenvalue weighted by molar-refractivity contribution is 14.1. The van der Waals surface area contributed by atoms with Crippen molar-refractivity contribution in [3.63, 3.8) is 0 Å². The minimum absolute atomic E-state index is 0.0897. The lowest BCUT2D eigenvalue weighted by atomic mass is 9.75. The molecule has 3 aliphatic rings. The van der Waals surface area contributed by atoms with E-state index in [0.717, 1.165) is 19.3 Å². The van der Waals surface area contributed by atoms with Crippen molar-refractivity contribution in [2.75, 3.05) is 0 Å². The van der Waals surface area contributed by atoms with Gasteiger partial charge < -0.3 is 10.4 Å². The van der Waals surface area contributed by atoms with E-state index in [1.54, 1.807) is 0 Å². The first-order valence-electron chi connectivity index (χ1n) is 4.32. The average molecular weight is 281 g/mol. The molecule has 2 N–H and O–H groups in total. The van der Waals surface area contributed by atoms with Crippen LogP contribution in [0.15, 0.2) is 0 Å². The number of carbonyl (C=O) groups is 1. The van der Waals surface area contributed by atoms with Crippen molar-refractivity contribution < 1.29 is 9.90 Å². The van der Waals surface area contributed by atoms with Crippen molar-refractivity contribution in [1.29, 1.82) is 0 Å². The smallest absolute Gasteiger partial charge is 0.209 e. The van der Waals surface area contributed by atoms with Gasteiger partial charge in [-0.15, -0.1) is 0 Å². The van der Waals surface area contributed by atoms with Crippen LogP contribution < -0.4 is 5.32 Å². The lowest BCUT2D eigenvalue weighted by Crippen LogP contribution is -2.60. The van der Waals surface area contributed by atoms with Crippen molar-refractivity contribution >= 4 is 26.4 Å². The first kappa shape index (κ1) is 8.90. The number of nitrogens with one attached hydrogen (secondary N) is 1. The summed E-state index contributed by atoms with van der Waals surface area (Å²) >= 11 is 1.82. The van der Waals surface area contributed by atoms with E-state index >= 15 is 0 Å². The van der Waals surface area contributed by atoms with Gasteiger partial charge in [0.1, 0.15) is 0 Å². The first-order chi connectivity index (χ1) is 5.68. The normalized spacial score (nSPS) is 46.2. The summed E-state index contributed by atoms with van der Waals surface area (Å²) in [4.78, 5) is 11.1. The largest absolute Gasteiger partial charge is 0.393 e. The number of rotatable bonds is 1. The number of fused-ring (bicyclic) bond motifs is 3. The quantitative estimate of drug-likeness (QED) is 0.542. The summed E-state index contributed by atoms with van der Waals surface area (Å²) in [6, 6.07) is 0.279. The molecular formula is C8H12INO2. The molecule has 0 unspecified atom stereocenters. The van der Waals surface area contributed by atoms with Crippen LogP contribution in [0.3, 0.4) is 0 Å². The molecule has 1 saturated carbocycles. The van der Waals surface area contributed by atoms with Crippen LogP contribution in [0.5, 0.6) is 0 Å². The van der Waals surface area contributed by atoms with E-state index in [2.05, 4.69) is 5.32 Å². The summed E-state index contributed by atoms with van der Waals surface area (Å²) in [5, 5.41) is 12.9. The van der Waals surface area contributed by atoms with E-state index in [1.165, 1.54) is 0 Å². The van der Waals surface area contributed by atoms with Crippen LogP contribution in [0.25, 0.3) is 0 Å². The van der Waals surface area contributed by atoms with Crippen molar-refractivity contribution in [1.82, 2.24) is 5.32 Å². The molecule has 3 rings (SSSR count). The molecule has 0 aromatic heterocycles. The lowest BCUT2D eigenvalue weighted by molar-refractivity contribution is -0.117. The number of aliphatic hydroxyl groups excluding tert-OH is 1. The summed E-state index contributed by atoms with van der Waals surface area (Å²) in [5.74, 6) is 0.166. The fourth-order valence-corrected chi connectivity index (χ4v) is 2.96. The Morgan fingerprint density at radius 1 is 1.50 bits per heavy atom. The zero-order chi connectivity index (χ0) is 8.72. The number of piperidine rings is 2. The maximum absolute atomic E-state index is 11.1. The monoisotopic (exact) mass is 281 g/mol. The van der Waals surface area contributed by atoms with Gasteiger partial charge in [0.15, 0.2) is 0 Å². The van der Waals surface area contributed by atoms with Crippen LogP contribution in [0.4, 0.5) is 0 Å². The van der Waals surface area contributed by atoms with Crippen molar-refractivity contribution in [3.8, 4) is 0 Å². The van der Waals surface area contributed by atoms with Crippen molar-refractivity contribution in [2.24, 2.45) is 5.92 Å². The average Bonchev–Trinajstić information content (AvgIpc) is 2.04. The molecule has 0 amide bonds. The molecule has 0 radical (unpaired) electrons. The third kappa shape index (κ3) is 1.40. The van der Waals surface area contributed by atoms with Crippen LogP contribution in [0.1, 0.15) is 19.3 Å². The van der Waals surface area contributed by atoms with Gasteiger partial charge in [0.2, 0.25) is 3.79 Å². The fourth-order valence-electron chi connectivity index (χ4n) is 2.32. The highest BCUT2D eigenvalue weighted by Crippen LogP contribution is 2.34. The third-order valence-corrected chi connectivity index (χ3v) is 3.63. The molecule has 1 aliphatic carbocycles. The molecule has 2 saturated heterocycles. The number of carbonyl (C=O) groups excluding carboxylic acids is 1. The first-order valence-corrected chi connectivity index (χ1v) is 5.40. The van der Waals surface area contributed by atoms with Crippen molar-refractivity contribution in [2.45, 2.75) is 37.5 Å². The van der Waals surface area contributed by atoms with Gasteiger partial charge in [-0.3, -0.25) is 4.79 Å². The summed E-state index contributed by atoms with van der Waals surface area (Å²) in [7, 11) is 0. The van der Waals surface area contributed by atoms with Crippen LogP contribution in [-0.2, 0) is 4.79 Å². The molecule has 2 bridgehead atoms. The SMILES string of the molecule is O=C(I)[C@H]1N[C@H]2CC[C@@H]1[C@H](O)C2. The molecule has 4 heteroatoms. The van der Waals surface area contributed by atoms with Gasteiger partial charge in [-0.2, -0.15) is 0 Å². The van der Waals surface area contributed by atoms with E-state index in [0.29, 0.717) is 6.04 Å². The molecule has 2 aliphatic heterocycles. The second-order valence-electron chi connectivity index (χ2n) is 3.69. The Bertz CT molecular complexity index is 209. The van der Waals surface area contributed by atoms with Crippen LogP contribution >= 0.6 is 22.6 Å². The Balaban J connectivity index is 2.14. The third-order valence-electron chi connectivity index (χ3n) is 2.96. The topological polar surface area (TPSA) is 49.3 Å². The fraction of sp³-hybridized carbons (Fsp3) is 0.875. The zero-order valence-corrected chi connectivity index (χ0v) is 8.82. The molecule has 0 spiro atoms. The Hall–Kier alpha value is 0.320. The molecule has 3 fully saturated rings. The summed E-state index contributed by atoms with van der Waals surface area (Å²) in [5.41, 5.74) is 0. The minimum atomic E-state index is -0.256. The zero-order valence-electron chi connectivity index (χ0n) is 6.66. The van der Waals surface area contributed by atoms with Gasteiger partial charge >= 0.3 is 0 Å². The van der Waals surface area contributed by atoms with Crippen LogP contribution in [-0.4, -0.2) is 27.1 Å². The van der Waals surface area contributed by atoms with E-state index in [9.17, 15) is 9.90 Å². The van der Waals surface area contributed by atoms with E-state index in [1.807, 2.05) is 22.6 Å². The second kappa shape index (κ2) is 3.23. The van der Waals surface area contributed by atoms with Crippen LogP contribution in [0, 0.1) is 5.92 Å². The Kier molecular flexibility index (Phi) is 2.39. The van der Waals surface area contributed by atoms with Gasteiger partial charge in [0, 0.05) is 34.6 Å². The van der Waals surface area contributed by atoms with E-state index < -0.39 is 0 Å². The molecule has 3 nitrogen and oxygen atoms in total. The maximum Gasteiger partial charge on any atom is 0.209 e. The molecular weight excluding hydrogens is 269 g/mol. The van der Waals surface area contributed by atoms with E-state index in [-0.39, 0.29) is 21.9 Å². The lowest BCUT2D eigenvalue weighted by Gasteiger charge is -2.45. The molecule has 4 atom stereocenters. The van der Waals surface area contributed by atoms with Crippen molar-refractivity contribution in [3.05, 3.63) is 0 Å². The Labute approximate surface area is 85.0 Å². The molecule has 68 valence electrons. The molecule has 0 aromatic rings. The molecule has 2 heterocycles. The van der Waals surface area contributed by atoms with Gasteiger partial charge in [-0.1, -0.05) is 0 Å². The number of hydrogen-bond acceptors (Lipinski definition) is 3. The summed E-state index contributed by atoms with van der Waals surface area (Å²) in [6.07, 6.45) is 2.68. The van der Waals surface area contributed by atoms with Gasteiger partial charge in [0.25, 0.3) is 0 Å². The standard InChI is InChI=1S/C8H12INO2/c9-8(12)7-5-2-1-4(10-7)3-6(5)11/h4-7,10-11H,1-3H2/t4-,5+,6+,7-/m0/s1. The second-order valence-corrected chi connectivity index (χ2v) is 4.75. The van der Waals surface area contributed by atoms with Gasteiger partial charge in [-0.05, 0) is 19.3 Å². The molecule has 12 heavy (non-hydrogen) atoms. The predicted octanol–water partition coefficient (Wildman–Crippen LogP) is 0.449. The predicted molar refractivity (Wildman–Crippen MR) is 53.1 cm³/mol. The highest BCUT2D eigenvalue weighted by atomic mass is 127. The summed E-state index contributed by atoms with van der Waals surface area (Å²) in [6.45, 7) is 0.